The molecule has 0 aliphatic rings. The van der Waals surface area contributed by atoms with E-state index in [2.05, 4.69) is 9.71 Å². The first-order valence-electron chi connectivity index (χ1n) is 6.63. The number of pyridine rings is 1. The van der Waals surface area contributed by atoms with Gasteiger partial charge in [0.1, 0.15) is 0 Å². The standard InChI is InChI=1S/C16H13ClN2O2S/c17-14-8-9-15(16-13(14)7-4-10-18-16)19-22(20,21)11-12-5-2-1-3-6-12/h1-10,19H,11H2. The van der Waals surface area contributed by atoms with Crippen LogP contribution in [0, 0.1) is 0 Å². The zero-order chi connectivity index (χ0) is 15.6. The van der Waals surface area contributed by atoms with Crippen molar-refractivity contribution in [2.24, 2.45) is 0 Å². The number of sulfonamides is 1. The van der Waals surface area contributed by atoms with E-state index in [1.165, 1.54) is 0 Å². The summed E-state index contributed by atoms with van der Waals surface area (Å²) in [6.45, 7) is 0. The van der Waals surface area contributed by atoms with Crippen LogP contribution >= 0.6 is 11.6 Å². The molecule has 0 saturated heterocycles. The Labute approximate surface area is 133 Å². The number of hydrogen-bond acceptors (Lipinski definition) is 3. The van der Waals surface area contributed by atoms with Crippen LogP contribution in [-0.4, -0.2) is 13.4 Å². The van der Waals surface area contributed by atoms with Crippen molar-refractivity contribution in [2.45, 2.75) is 5.75 Å². The highest BCUT2D eigenvalue weighted by Gasteiger charge is 2.14. The minimum absolute atomic E-state index is 0.0925. The van der Waals surface area contributed by atoms with Crippen LogP contribution in [0.3, 0.4) is 0 Å². The minimum Gasteiger partial charge on any atom is -0.281 e. The van der Waals surface area contributed by atoms with Gasteiger partial charge in [-0.3, -0.25) is 9.71 Å². The molecule has 22 heavy (non-hydrogen) atoms. The maximum Gasteiger partial charge on any atom is 0.236 e. The van der Waals surface area contributed by atoms with Gasteiger partial charge in [-0.1, -0.05) is 41.9 Å². The lowest BCUT2D eigenvalue weighted by Gasteiger charge is -2.11. The van der Waals surface area contributed by atoms with Gasteiger partial charge in [0.15, 0.2) is 0 Å². The van der Waals surface area contributed by atoms with Crippen LogP contribution < -0.4 is 4.72 Å². The fourth-order valence-corrected chi connectivity index (χ4v) is 3.64. The topological polar surface area (TPSA) is 59.1 Å². The molecule has 0 fully saturated rings. The third-order valence-corrected chi connectivity index (χ3v) is 4.76. The third kappa shape index (κ3) is 3.21. The number of benzene rings is 2. The van der Waals surface area contributed by atoms with Gasteiger partial charge in [0.05, 0.1) is 22.0 Å². The number of halogens is 1. The second kappa shape index (κ2) is 5.94. The summed E-state index contributed by atoms with van der Waals surface area (Å²) in [5.74, 6) is -0.0925. The molecule has 0 atom stereocenters. The van der Waals surface area contributed by atoms with Gasteiger partial charge in [-0.05, 0) is 29.8 Å². The van der Waals surface area contributed by atoms with E-state index in [0.29, 0.717) is 21.6 Å². The predicted octanol–water partition coefficient (Wildman–Crippen LogP) is 3.83. The molecule has 0 radical (unpaired) electrons. The molecule has 6 heteroatoms. The zero-order valence-corrected chi connectivity index (χ0v) is 13.1. The van der Waals surface area contributed by atoms with E-state index in [1.54, 1.807) is 42.6 Å². The molecule has 3 rings (SSSR count). The van der Waals surface area contributed by atoms with E-state index in [9.17, 15) is 8.42 Å². The Morgan fingerprint density at radius 1 is 1.00 bits per heavy atom. The van der Waals surface area contributed by atoms with Crippen molar-refractivity contribution in [1.29, 1.82) is 0 Å². The molecule has 1 heterocycles. The average Bonchev–Trinajstić information content (AvgIpc) is 2.51. The van der Waals surface area contributed by atoms with Crippen LogP contribution in [0.15, 0.2) is 60.8 Å². The number of nitrogens with one attached hydrogen (secondary N) is 1. The van der Waals surface area contributed by atoms with E-state index in [4.69, 9.17) is 11.6 Å². The molecular weight excluding hydrogens is 320 g/mol. The molecule has 0 spiro atoms. The molecule has 0 bridgehead atoms. The lowest BCUT2D eigenvalue weighted by atomic mass is 10.2. The lowest BCUT2D eigenvalue weighted by molar-refractivity contribution is 0.600. The van der Waals surface area contributed by atoms with Crippen LogP contribution in [0.25, 0.3) is 10.9 Å². The van der Waals surface area contributed by atoms with Crippen molar-refractivity contribution >= 4 is 38.2 Å². The molecular formula is C16H13ClN2O2S. The quantitative estimate of drug-likeness (QED) is 0.790. The van der Waals surface area contributed by atoms with Crippen molar-refractivity contribution in [1.82, 2.24) is 4.98 Å². The van der Waals surface area contributed by atoms with Crippen molar-refractivity contribution in [2.75, 3.05) is 4.72 Å². The molecule has 112 valence electrons. The Hall–Kier alpha value is -2.11. The Morgan fingerprint density at radius 3 is 2.55 bits per heavy atom. The predicted molar refractivity (Wildman–Crippen MR) is 89.4 cm³/mol. The SMILES string of the molecule is O=S(=O)(Cc1ccccc1)Nc1ccc(Cl)c2cccnc12. The molecule has 2 aromatic carbocycles. The number of rotatable bonds is 4. The van der Waals surface area contributed by atoms with Gasteiger partial charge >= 0.3 is 0 Å². The molecule has 1 N–H and O–H groups in total. The normalized spacial score (nSPS) is 11.5. The molecule has 0 aliphatic heterocycles. The average molecular weight is 333 g/mol. The van der Waals surface area contributed by atoms with Crippen molar-refractivity contribution in [3.63, 3.8) is 0 Å². The first kappa shape index (κ1) is 14.8. The van der Waals surface area contributed by atoms with Gasteiger partial charge in [-0.2, -0.15) is 0 Å². The Balaban J connectivity index is 1.94. The lowest BCUT2D eigenvalue weighted by Crippen LogP contribution is -2.15. The van der Waals surface area contributed by atoms with Crippen LogP contribution in [0.4, 0.5) is 5.69 Å². The van der Waals surface area contributed by atoms with E-state index < -0.39 is 10.0 Å². The fraction of sp³-hybridized carbons (Fsp3) is 0.0625. The van der Waals surface area contributed by atoms with E-state index in [-0.39, 0.29) is 5.75 Å². The van der Waals surface area contributed by atoms with Crippen LogP contribution in [0.2, 0.25) is 5.02 Å². The Kier molecular flexibility index (Phi) is 4.00. The summed E-state index contributed by atoms with van der Waals surface area (Å²) in [7, 11) is -3.53. The Morgan fingerprint density at radius 2 is 1.77 bits per heavy atom. The van der Waals surface area contributed by atoms with Crippen molar-refractivity contribution < 1.29 is 8.42 Å². The summed E-state index contributed by atoms with van der Waals surface area (Å²) in [5, 5.41) is 1.25. The number of anilines is 1. The maximum atomic E-state index is 12.3. The van der Waals surface area contributed by atoms with Gasteiger partial charge < -0.3 is 0 Å². The zero-order valence-electron chi connectivity index (χ0n) is 11.5. The largest absolute Gasteiger partial charge is 0.281 e. The first-order valence-corrected chi connectivity index (χ1v) is 8.66. The monoisotopic (exact) mass is 332 g/mol. The van der Waals surface area contributed by atoms with Gasteiger partial charge in [0.25, 0.3) is 0 Å². The van der Waals surface area contributed by atoms with Crippen molar-refractivity contribution in [3.05, 3.63) is 71.4 Å². The summed E-state index contributed by atoms with van der Waals surface area (Å²) >= 11 is 6.11. The first-order chi connectivity index (χ1) is 10.6. The van der Waals surface area contributed by atoms with E-state index in [0.717, 1.165) is 5.56 Å². The number of nitrogens with zero attached hydrogens (tertiary/aromatic N) is 1. The second-order valence-electron chi connectivity index (χ2n) is 4.84. The van der Waals surface area contributed by atoms with Crippen LogP contribution in [0.5, 0.6) is 0 Å². The highest BCUT2D eigenvalue weighted by atomic mass is 35.5. The van der Waals surface area contributed by atoms with E-state index >= 15 is 0 Å². The molecule has 0 unspecified atom stereocenters. The summed E-state index contributed by atoms with van der Waals surface area (Å²) in [6, 6.07) is 15.9. The minimum atomic E-state index is -3.53. The number of fused-ring (bicyclic) bond motifs is 1. The van der Waals surface area contributed by atoms with Gasteiger partial charge in [-0.15, -0.1) is 0 Å². The van der Waals surface area contributed by atoms with Crippen LogP contribution in [0.1, 0.15) is 5.56 Å². The molecule has 0 saturated carbocycles. The molecule has 3 aromatic rings. The summed E-state index contributed by atoms with van der Waals surface area (Å²) < 4.78 is 27.2. The van der Waals surface area contributed by atoms with E-state index in [1.807, 2.05) is 18.2 Å². The highest BCUT2D eigenvalue weighted by molar-refractivity contribution is 7.91. The molecule has 0 amide bonds. The number of aromatic nitrogens is 1. The molecule has 4 nitrogen and oxygen atoms in total. The van der Waals surface area contributed by atoms with Crippen molar-refractivity contribution in [3.8, 4) is 0 Å². The second-order valence-corrected chi connectivity index (χ2v) is 6.97. The molecule has 1 aromatic heterocycles. The highest BCUT2D eigenvalue weighted by Crippen LogP contribution is 2.28. The van der Waals surface area contributed by atoms with Gasteiger partial charge in [0.2, 0.25) is 10.0 Å². The third-order valence-electron chi connectivity index (χ3n) is 3.18. The smallest absolute Gasteiger partial charge is 0.236 e. The van der Waals surface area contributed by atoms with Crippen LogP contribution in [-0.2, 0) is 15.8 Å². The summed E-state index contributed by atoms with van der Waals surface area (Å²) in [6.07, 6.45) is 1.60. The summed E-state index contributed by atoms with van der Waals surface area (Å²) in [4.78, 5) is 4.22. The summed E-state index contributed by atoms with van der Waals surface area (Å²) in [5.41, 5.74) is 1.68. The maximum absolute atomic E-state index is 12.3. The molecule has 0 aliphatic carbocycles. The number of hydrogen-bond donors (Lipinski definition) is 1. The van der Waals surface area contributed by atoms with Gasteiger partial charge in [-0.25, -0.2) is 8.42 Å². The van der Waals surface area contributed by atoms with Gasteiger partial charge in [0, 0.05) is 11.6 Å². The Bertz CT molecular complexity index is 912. The fourth-order valence-electron chi connectivity index (χ4n) is 2.22.